The van der Waals surface area contributed by atoms with Crippen molar-refractivity contribution in [2.24, 2.45) is 10.9 Å². The Morgan fingerprint density at radius 1 is 1.10 bits per heavy atom. The van der Waals surface area contributed by atoms with E-state index in [-0.39, 0.29) is 6.09 Å². The van der Waals surface area contributed by atoms with E-state index in [1.165, 1.54) is 0 Å². The lowest BCUT2D eigenvalue weighted by atomic mass is 9.97. The lowest BCUT2D eigenvalue weighted by Gasteiger charge is -2.37. The monoisotopic (exact) mass is 431 g/mol. The quantitative estimate of drug-likeness (QED) is 0.578. The molecule has 0 aliphatic carbocycles. The van der Waals surface area contributed by atoms with Crippen molar-refractivity contribution in [1.82, 2.24) is 25.1 Å². The highest BCUT2D eigenvalue weighted by molar-refractivity contribution is 5.80. The Balaban J connectivity index is 1.48. The van der Waals surface area contributed by atoms with E-state index < -0.39 is 5.60 Å². The summed E-state index contributed by atoms with van der Waals surface area (Å²) < 4.78 is 5.49. The number of guanidine groups is 1. The highest BCUT2D eigenvalue weighted by Gasteiger charge is 2.27. The molecule has 31 heavy (non-hydrogen) atoms. The van der Waals surface area contributed by atoms with E-state index >= 15 is 0 Å². The van der Waals surface area contributed by atoms with Crippen LogP contribution in [-0.2, 0) is 4.74 Å². The zero-order chi connectivity index (χ0) is 22.3. The summed E-state index contributed by atoms with van der Waals surface area (Å²) in [5, 5.41) is 3.44. The van der Waals surface area contributed by atoms with Crippen molar-refractivity contribution in [3.05, 3.63) is 18.5 Å². The number of carbonyl (C=O) groups excluding carboxylic acids is 1. The first-order chi connectivity index (χ1) is 14.9. The first-order valence-electron chi connectivity index (χ1n) is 11.4. The molecule has 0 bridgehead atoms. The summed E-state index contributed by atoms with van der Waals surface area (Å²) in [7, 11) is 0. The number of hydrogen-bond donors (Lipinski definition) is 1. The van der Waals surface area contributed by atoms with Crippen molar-refractivity contribution in [3.63, 3.8) is 0 Å². The molecule has 0 atom stereocenters. The fourth-order valence-corrected chi connectivity index (χ4v) is 3.84. The number of nitrogens with zero attached hydrogens (tertiary/aromatic N) is 6. The van der Waals surface area contributed by atoms with Crippen LogP contribution in [0.5, 0.6) is 0 Å². The van der Waals surface area contributed by atoms with E-state index in [0.29, 0.717) is 5.92 Å². The second kappa shape index (κ2) is 10.6. The molecule has 2 aliphatic heterocycles. The standard InChI is InChI=1S/C22H37N7O2/c1-5-23-19(27-13-15-28(16-14-27)20-24-9-6-10-25-20)26-17-18-7-11-29(12-8-18)21(30)31-22(2,3)4/h6,9-10,18H,5,7-8,11-17H2,1-4H3,(H,23,26). The van der Waals surface area contributed by atoms with Gasteiger partial charge >= 0.3 is 6.09 Å². The molecule has 172 valence electrons. The van der Waals surface area contributed by atoms with Crippen molar-refractivity contribution in [2.45, 2.75) is 46.1 Å². The van der Waals surface area contributed by atoms with Gasteiger partial charge in [0.05, 0.1) is 0 Å². The third kappa shape index (κ3) is 6.97. The SMILES string of the molecule is CCNC(=NCC1CCN(C(=O)OC(C)(C)C)CC1)N1CCN(c2ncccn2)CC1. The summed E-state index contributed by atoms with van der Waals surface area (Å²) in [6.07, 6.45) is 5.29. The maximum atomic E-state index is 12.3. The molecule has 0 spiro atoms. The van der Waals surface area contributed by atoms with Crippen molar-refractivity contribution < 1.29 is 9.53 Å². The minimum absolute atomic E-state index is 0.206. The first kappa shape index (κ1) is 23.1. The third-order valence-corrected chi connectivity index (χ3v) is 5.51. The molecule has 3 rings (SSSR count). The number of aromatic nitrogens is 2. The average molecular weight is 432 g/mol. The summed E-state index contributed by atoms with van der Waals surface area (Å²) in [6, 6.07) is 1.84. The number of amides is 1. The minimum atomic E-state index is -0.449. The Bertz CT molecular complexity index is 719. The van der Waals surface area contributed by atoms with Crippen LogP contribution >= 0.6 is 0 Å². The van der Waals surface area contributed by atoms with Gasteiger partial charge in [0.25, 0.3) is 0 Å². The predicted molar refractivity (Wildman–Crippen MR) is 122 cm³/mol. The van der Waals surface area contributed by atoms with Gasteiger partial charge in [0, 0.05) is 64.8 Å². The molecule has 1 N–H and O–H groups in total. The van der Waals surface area contributed by atoms with Crippen LogP contribution < -0.4 is 10.2 Å². The molecule has 1 aromatic heterocycles. The van der Waals surface area contributed by atoms with Crippen molar-refractivity contribution in [1.29, 1.82) is 0 Å². The molecule has 2 fully saturated rings. The van der Waals surface area contributed by atoms with E-state index in [9.17, 15) is 4.79 Å². The summed E-state index contributed by atoms with van der Waals surface area (Å²) in [5.41, 5.74) is -0.449. The Kier molecular flexibility index (Phi) is 7.92. The molecule has 0 unspecified atom stereocenters. The van der Waals surface area contributed by atoms with E-state index in [4.69, 9.17) is 9.73 Å². The lowest BCUT2D eigenvalue weighted by Crippen LogP contribution is -2.53. The van der Waals surface area contributed by atoms with Crippen LogP contribution in [-0.4, -0.2) is 89.8 Å². The van der Waals surface area contributed by atoms with Gasteiger partial charge in [0.2, 0.25) is 5.95 Å². The van der Waals surface area contributed by atoms with Crippen LogP contribution in [0.3, 0.4) is 0 Å². The molecule has 3 heterocycles. The van der Waals surface area contributed by atoms with Gasteiger partial charge in [0.15, 0.2) is 5.96 Å². The highest BCUT2D eigenvalue weighted by Crippen LogP contribution is 2.20. The number of carbonyl (C=O) groups is 1. The molecule has 0 saturated carbocycles. The van der Waals surface area contributed by atoms with Crippen LogP contribution in [0.25, 0.3) is 0 Å². The summed E-state index contributed by atoms with van der Waals surface area (Å²) in [4.78, 5) is 32.3. The van der Waals surface area contributed by atoms with Crippen LogP contribution in [0.2, 0.25) is 0 Å². The Labute approximate surface area is 185 Å². The van der Waals surface area contributed by atoms with Gasteiger partial charge in [-0.2, -0.15) is 0 Å². The average Bonchev–Trinajstić information content (AvgIpc) is 2.76. The van der Waals surface area contributed by atoms with Crippen molar-refractivity contribution in [2.75, 3.05) is 57.3 Å². The van der Waals surface area contributed by atoms with Crippen LogP contribution in [0.4, 0.5) is 10.7 Å². The second-order valence-electron chi connectivity index (χ2n) is 9.13. The number of piperazine rings is 1. The highest BCUT2D eigenvalue weighted by atomic mass is 16.6. The van der Waals surface area contributed by atoms with E-state index in [1.807, 2.05) is 31.7 Å². The number of hydrogen-bond acceptors (Lipinski definition) is 6. The zero-order valence-electron chi connectivity index (χ0n) is 19.4. The molecule has 0 radical (unpaired) electrons. The molecule has 1 amide bonds. The van der Waals surface area contributed by atoms with Gasteiger partial charge in [-0.1, -0.05) is 0 Å². The van der Waals surface area contributed by atoms with Gasteiger partial charge in [-0.05, 0) is 52.5 Å². The fraction of sp³-hybridized carbons (Fsp3) is 0.727. The Morgan fingerprint density at radius 2 is 1.74 bits per heavy atom. The fourth-order valence-electron chi connectivity index (χ4n) is 3.84. The summed E-state index contributed by atoms with van der Waals surface area (Å²) in [6.45, 7) is 14.5. The number of anilines is 1. The lowest BCUT2D eigenvalue weighted by molar-refractivity contribution is 0.0187. The van der Waals surface area contributed by atoms with E-state index in [0.717, 1.165) is 77.1 Å². The number of ether oxygens (including phenoxy) is 1. The van der Waals surface area contributed by atoms with Gasteiger partial charge in [-0.25, -0.2) is 14.8 Å². The van der Waals surface area contributed by atoms with Crippen LogP contribution in [0.1, 0.15) is 40.5 Å². The van der Waals surface area contributed by atoms with E-state index in [2.05, 4.69) is 32.0 Å². The maximum Gasteiger partial charge on any atom is 0.410 e. The topological polar surface area (TPSA) is 86.2 Å². The number of likely N-dealkylation sites (tertiary alicyclic amines) is 1. The normalized spacial score (nSPS) is 18.8. The second-order valence-corrected chi connectivity index (χ2v) is 9.13. The molecule has 2 aliphatic rings. The van der Waals surface area contributed by atoms with Crippen molar-refractivity contribution in [3.8, 4) is 0 Å². The molecule has 1 aromatic rings. The third-order valence-electron chi connectivity index (χ3n) is 5.51. The van der Waals surface area contributed by atoms with Gasteiger partial charge < -0.3 is 24.8 Å². The Morgan fingerprint density at radius 3 is 2.32 bits per heavy atom. The maximum absolute atomic E-state index is 12.3. The minimum Gasteiger partial charge on any atom is -0.444 e. The number of rotatable bonds is 4. The van der Waals surface area contributed by atoms with Crippen LogP contribution in [0, 0.1) is 5.92 Å². The summed E-state index contributed by atoms with van der Waals surface area (Å²) in [5.74, 6) is 2.26. The van der Waals surface area contributed by atoms with Crippen LogP contribution in [0.15, 0.2) is 23.5 Å². The largest absolute Gasteiger partial charge is 0.444 e. The first-order valence-corrected chi connectivity index (χ1v) is 11.4. The molecular weight excluding hydrogens is 394 g/mol. The number of piperidine rings is 1. The van der Waals surface area contributed by atoms with Gasteiger partial charge in [-0.15, -0.1) is 0 Å². The predicted octanol–water partition coefficient (Wildman–Crippen LogP) is 2.21. The van der Waals surface area contributed by atoms with E-state index in [1.54, 1.807) is 12.4 Å². The van der Waals surface area contributed by atoms with Gasteiger partial charge in [0.1, 0.15) is 5.60 Å². The molecular formula is C22H37N7O2. The molecule has 0 aromatic carbocycles. The summed E-state index contributed by atoms with van der Waals surface area (Å²) >= 11 is 0. The molecule has 9 nitrogen and oxygen atoms in total. The molecule has 9 heteroatoms. The smallest absolute Gasteiger partial charge is 0.410 e. The van der Waals surface area contributed by atoms with Crippen molar-refractivity contribution >= 4 is 18.0 Å². The number of nitrogens with one attached hydrogen (secondary N) is 1. The zero-order valence-corrected chi connectivity index (χ0v) is 19.4. The van der Waals surface area contributed by atoms with Gasteiger partial charge in [-0.3, -0.25) is 4.99 Å². The number of aliphatic imine (C=N–C) groups is 1. The molecule has 2 saturated heterocycles. The Hall–Kier alpha value is -2.58.